The Morgan fingerprint density at radius 1 is 0.914 bits per heavy atom. The minimum atomic E-state index is -3.75. The number of ether oxygens (including phenoxy) is 2. The van der Waals surface area contributed by atoms with Crippen molar-refractivity contribution in [3.63, 3.8) is 0 Å². The maximum absolute atomic E-state index is 12.6. The molecule has 4 rings (SSSR count). The molecule has 1 heterocycles. The molecule has 180 valence electrons. The minimum Gasteiger partial charge on any atom is -0.497 e. The summed E-state index contributed by atoms with van der Waals surface area (Å²) in [7, 11) is -0.704. The SMILES string of the molecule is COc1ccc(-c2nnc(NC(=O)c3ccc(NS(=O)(=O)c4ccc(C)cc4)cc3)o2)c(OC)c1. The highest BCUT2D eigenvalue weighted by molar-refractivity contribution is 7.92. The predicted molar refractivity (Wildman–Crippen MR) is 129 cm³/mol. The normalized spacial score (nSPS) is 11.1. The molecule has 0 radical (unpaired) electrons. The zero-order chi connectivity index (χ0) is 25.0. The fraction of sp³-hybridized carbons (Fsp3) is 0.125. The molecule has 11 heteroatoms. The quantitative estimate of drug-likeness (QED) is 0.374. The Balaban J connectivity index is 1.44. The number of anilines is 2. The number of methoxy groups -OCH3 is 2. The Morgan fingerprint density at radius 3 is 2.29 bits per heavy atom. The van der Waals surface area contributed by atoms with E-state index in [0.717, 1.165) is 5.56 Å². The number of nitrogens with zero attached hydrogens (tertiary/aromatic N) is 2. The Morgan fingerprint density at radius 2 is 1.63 bits per heavy atom. The lowest BCUT2D eigenvalue weighted by Crippen LogP contribution is -2.14. The summed E-state index contributed by atoms with van der Waals surface area (Å²) in [5.41, 5.74) is 2.07. The van der Waals surface area contributed by atoms with Gasteiger partial charge in [-0.25, -0.2) is 8.42 Å². The molecule has 0 fully saturated rings. The number of benzene rings is 3. The van der Waals surface area contributed by atoms with Gasteiger partial charge in [0.05, 0.1) is 24.7 Å². The number of carbonyl (C=O) groups is 1. The maximum atomic E-state index is 12.6. The summed E-state index contributed by atoms with van der Waals surface area (Å²) in [6.45, 7) is 1.87. The Bertz CT molecular complexity index is 1450. The van der Waals surface area contributed by atoms with Gasteiger partial charge in [-0.2, -0.15) is 0 Å². The molecule has 0 saturated carbocycles. The van der Waals surface area contributed by atoms with Crippen molar-refractivity contribution in [2.45, 2.75) is 11.8 Å². The Labute approximate surface area is 202 Å². The van der Waals surface area contributed by atoms with Crippen LogP contribution in [0, 0.1) is 6.92 Å². The zero-order valence-corrected chi connectivity index (χ0v) is 19.9. The van der Waals surface area contributed by atoms with Crippen LogP contribution in [0.25, 0.3) is 11.5 Å². The van der Waals surface area contributed by atoms with Gasteiger partial charge in [-0.3, -0.25) is 14.8 Å². The molecule has 0 unspecified atom stereocenters. The number of sulfonamides is 1. The standard InChI is InChI=1S/C24H22N4O6S/c1-15-4-11-19(12-5-15)35(30,31)28-17-8-6-16(7-9-17)22(29)25-24-27-26-23(34-24)20-13-10-18(32-2)14-21(20)33-3/h4-14,28H,1-3H3,(H,25,27,29). The number of amides is 1. The molecule has 3 aromatic carbocycles. The summed E-state index contributed by atoms with van der Waals surface area (Å²) in [5, 5.41) is 10.3. The first-order valence-corrected chi connectivity index (χ1v) is 11.8. The number of aromatic nitrogens is 2. The third-order valence-electron chi connectivity index (χ3n) is 5.02. The second kappa shape index (κ2) is 9.85. The molecule has 10 nitrogen and oxygen atoms in total. The molecular formula is C24H22N4O6S. The number of nitrogens with one attached hydrogen (secondary N) is 2. The number of hydrogen-bond donors (Lipinski definition) is 2. The molecule has 1 aromatic heterocycles. The molecule has 0 bridgehead atoms. The van der Waals surface area contributed by atoms with Gasteiger partial charge < -0.3 is 13.9 Å². The van der Waals surface area contributed by atoms with Crippen LogP contribution in [-0.4, -0.2) is 38.7 Å². The third-order valence-corrected chi connectivity index (χ3v) is 6.41. The molecule has 0 atom stereocenters. The van der Waals surface area contributed by atoms with Crippen molar-refractivity contribution in [3.05, 3.63) is 77.9 Å². The van der Waals surface area contributed by atoms with Gasteiger partial charge in [-0.05, 0) is 55.5 Å². The molecule has 0 aliphatic carbocycles. The van der Waals surface area contributed by atoms with Gasteiger partial charge in [-0.15, -0.1) is 5.10 Å². The fourth-order valence-corrected chi connectivity index (χ4v) is 4.21. The second-order valence-corrected chi connectivity index (χ2v) is 9.11. The van der Waals surface area contributed by atoms with E-state index in [-0.39, 0.29) is 22.4 Å². The summed E-state index contributed by atoms with van der Waals surface area (Å²) in [6.07, 6.45) is 0. The molecule has 0 aliphatic rings. The van der Waals surface area contributed by atoms with E-state index in [1.807, 2.05) is 6.92 Å². The average Bonchev–Trinajstić information content (AvgIpc) is 3.32. The summed E-state index contributed by atoms with van der Waals surface area (Å²) >= 11 is 0. The van der Waals surface area contributed by atoms with Crippen molar-refractivity contribution in [2.75, 3.05) is 24.3 Å². The first kappa shape index (κ1) is 23.8. The van der Waals surface area contributed by atoms with Crippen LogP contribution in [0.4, 0.5) is 11.7 Å². The highest BCUT2D eigenvalue weighted by Gasteiger charge is 2.17. The van der Waals surface area contributed by atoms with Gasteiger partial charge in [0, 0.05) is 17.3 Å². The topological polar surface area (TPSA) is 133 Å². The molecule has 2 N–H and O–H groups in total. The number of rotatable bonds is 8. The van der Waals surface area contributed by atoms with Crippen LogP contribution in [0.2, 0.25) is 0 Å². The van der Waals surface area contributed by atoms with Crippen LogP contribution in [0.5, 0.6) is 11.5 Å². The first-order valence-electron chi connectivity index (χ1n) is 10.4. The van der Waals surface area contributed by atoms with Gasteiger partial charge >= 0.3 is 6.01 Å². The number of aryl methyl sites for hydroxylation is 1. The van der Waals surface area contributed by atoms with Crippen LogP contribution in [0.1, 0.15) is 15.9 Å². The van der Waals surface area contributed by atoms with Crippen LogP contribution in [0.3, 0.4) is 0 Å². The van der Waals surface area contributed by atoms with Crippen LogP contribution in [0.15, 0.2) is 76.0 Å². The maximum Gasteiger partial charge on any atom is 0.322 e. The molecule has 35 heavy (non-hydrogen) atoms. The molecule has 0 spiro atoms. The summed E-state index contributed by atoms with van der Waals surface area (Å²) < 4.78 is 43.6. The Kier molecular flexibility index (Phi) is 6.69. The smallest absolute Gasteiger partial charge is 0.322 e. The largest absolute Gasteiger partial charge is 0.497 e. The Hall–Kier alpha value is -4.38. The molecular weight excluding hydrogens is 472 g/mol. The molecule has 4 aromatic rings. The number of carbonyl (C=O) groups excluding carboxylic acids is 1. The van der Waals surface area contributed by atoms with Crippen molar-refractivity contribution < 1.29 is 27.1 Å². The van der Waals surface area contributed by atoms with E-state index < -0.39 is 15.9 Å². The van der Waals surface area contributed by atoms with Crippen molar-refractivity contribution in [2.24, 2.45) is 0 Å². The highest BCUT2D eigenvalue weighted by atomic mass is 32.2. The van der Waals surface area contributed by atoms with E-state index in [1.54, 1.807) is 37.4 Å². The molecule has 0 aliphatic heterocycles. The van der Waals surface area contributed by atoms with Crippen LogP contribution < -0.4 is 19.5 Å². The van der Waals surface area contributed by atoms with Gasteiger partial charge in [0.15, 0.2) is 0 Å². The van der Waals surface area contributed by atoms with E-state index in [2.05, 4.69) is 20.2 Å². The van der Waals surface area contributed by atoms with Crippen molar-refractivity contribution >= 4 is 27.6 Å². The van der Waals surface area contributed by atoms with Crippen LogP contribution >= 0.6 is 0 Å². The fourth-order valence-electron chi connectivity index (χ4n) is 3.15. The molecule has 1 amide bonds. The van der Waals surface area contributed by atoms with E-state index >= 15 is 0 Å². The zero-order valence-electron chi connectivity index (χ0n) is 19.1. The first-order chi connectivity index (χ1) is 16.8. The van der Waals surface area contributed by atoms with E-state index in [9.17, 15) is 13.2 Å². The van der Waals surface area contributed by atoms with Crippen molar-refractivity contribution in [1.82, 2.24) is 10.2 Å². The lowest BCUT2D eigenvalue weighted by molar-refractivity contribution is 0.102. The van der Waals surface area contributed by atoms with Crippen LogP contribution in [-0.2, 0) is 10.0 Å². The average molecular weight is 495 g/mol. The lowest BCUT2D eigenvalue weighted by Gasteiger charge is -2.09. The predicted octanol–water partition coefficient (Wildman–Crippen LogP) is 4.12. The lowest BCUT2D eigenvalue weighted by atomic mass is 10.2. The van der Waals surface area contributed by atoms with E-state index in [1.165, 1.54) is 43.5 Å². The van der Waals surface area contributed by atoms with E-state index in [0.29, 0.717) is 22.7 Å². The minimum absolute atomic E-state index is 0.105. The van der Waals surface area contributed by atoms with Gasteiger partial charge in [0.1, 0.15) is 11.5 Å². The van der Waals surface area contributed by atoms with Gasteiger partial charge in [0.2, 0.25) is 0 Å². The van der Waals surface area contributed by atoms with Gasteiger partial charge in [-0.1, -0.05) is 22.8 Å². The number of hydrogen-bond acceptors (Lipinski definition) is 8. The van der Waals surface area contributed by atoms with Gasteiger partial charge in [0.25, 0.3) is 21.8 Å². The van der Waals surface area contributed by atoms with Crippen molar-refractivity contribution in [1.29, 1.82) is 0 Å². The van der Waals surface area contributed by atoms with Crippen molar-refractivity contribution in [3.8, 4) is 23.0 Å². The monoisotopic (exact) mass is 494 g/mol. The molecule has 0 saturated heterocycles. The third kappa shape index (κ3) is 5.41. The summed E-state index contributed by atoms with van der Waals surface area (Å²) in [6, 6.07) is 17.4. The van der Waals surface area contributed by atoms with E-state index in [4.69, 9.17) is 13.9 Å². The second-order valence-electron chi connectivity index (χ2n) is 7.43. The highest BCUT2D eigenvalue weighted by Crippen LogP contribution is 2.33. The summed E-state index contributed by atoms with van der Waals surface area (Å²) in [5.74, 6) is 0.716. The summed E-state index contributed by atoms with van der Waals surface area (Å²) in [4.78, 5) is 12.7.